The molecule has 0 aromatic heterocycles. The number of carbonyl (C=O) groups is 2. The fourth-order valence-corrected chi connectivity index (χ4v) is 3.74. The first-order valence-electron chi connectivity index (χ1n) is 6.82. The molecule has 122 valence electrons. The molecule has 0 spiro atoms. The highest BCUT2D eigenvalue weighted by Crippen LogP contribution is 2.12. The Bertz CT molecular complexity index is 737. The maximum atomic E-state index is 11.6. The van der Waals surface area contributed by atoms with Gasteiger partial charge in [0.2, 0.25) is 0 Å². The van der Waals surface area contributed by atoms with Crippen molar-refractivity contribution in [2.45, 2.75) is 12.5 Å². The average molecular weight is 337 g/mol. The van der Waals surface area contributed by atoms with E-state index in [0.717, 1.165) is 0 Å². The first-order valence-corrected chi connectivity index (χ1v) is 8.64. The van der Waals surface area contributed by atoms with Crippen molar-refractivity contribution < 1.29 is 22.7 Å². The van der Waals surface area contributed by atoms with Gasteiger partial charge in [-0.05, 0) is 30.7 Å². The van der Waals surface area contributed by atoms with Crippen LogP contribution in [-0.4, -0.2) is 44.5 Å². The molecule has 2 N–H and O–H groups in total. The van der Waals surface area contributed by atoms with E-state index in [9.17, 15) is 18.0 Å². The minimum atomic E-state index is -3.10. The molecule has 0 unspecified atom stereocenters. The number of hydrogen-bond acceptors (Lipinski definition) is 6. The van der Waals surface area contributed by atoms with E-state index in [1.807, 2.05) is 6.07 Å². The van der Waals surface area contributed by atoms with Gasteiger partial charge in [0.25, 0.3) is 5.91 Å². The summed E-state index contributed by atoms with van der Waals surface area (Å²) in [5, 5.41) is 13.2. The zero-order valence-corrected chi connectivity index (χ0v) is 12.9. The predicted octanol–water partition coefficient (Wildman–Crippen LogP) is -0.0500. The van der Waals surface area contributed by atoms with E-state index in [4.69, 9.17) is 10.00 Å². The van der Waals surface area contributed by atoms with Crippen LogP contribution in [-0.2, 0) is 14.6 Å². The summed E-state index contributed by atoms with van der Waals surface area (Å²) in [5.74, 6) is -0.349. The van der Waals surface area contributed by atoms with E-state index in [1.165, 1.54) is 12.1 Å². The number of hydrogen-bond donors (Lipinski definition) is 2. The Morgan fingerprint density at radius 3 is 2.57 bits per heavy atom. The van der Waals surface area contributed by atoms with Crippen LogP contribution in [0.5, 0.6) is 5.75 Å². The van der Waals surface area contributed by atoms with Crippen molar-refractivity contribution in [2.24, 2.45) is 0 Å². The lowest BCUT2D eigenvalue weighted by molar-refractivity contribution is -0.122. The van der Waals surface area contributed by atoms with Gasteiger partial charge in [0.05, 0.1) is 23.1 Å². The lowest BCUT2D eigenvalue weighted by atomic mass is 10.2. The average Bonchev–Trinajstić information content (AvgIpc) is 2.84. The molecule has 0 saturated carbocycles. The van der Waals surface area contributed by atoms with Crippen molar-refractivity contribution in [2.75, 3.05) is 18.1 Å². The molecule has 2 rings (SSSR count). The van der Waals surface area contributed by atoms with Gasteiger partial charge in [-0.25, -0.2) is 13.2 Å². The van der Waals surface area contributed by atoms with Crippen molar-refractivity contribution in [3.63, 3.8) is 0 Å². The zero-order chi connectivity index (χ0) is 16.9. The number of benzene rings is 1. The Labute approximate surface area is 133 Å². The molecule has 0 radical (unpaired) electrons. The number of ether oxygens (including phenoxy) is 1. The Balaban J connectivity index is 1.73. The van der Waals surface area contributed by atoms with Gasteiger partial charge in [0, 0.05) is 6.04 Å². The summed E-state index contributed by atoms with van der Waals surface area (Å²) in [6.45, 7) is -0.373. The predicted molar refractivity (Wildman–Crippen MR) is 80.4 cm³/mol. The summed E-state index contributed by atoms with van der Waals surface area (Å²) in [6.07, 6.45) is 0.339. The van der Waals surface area contributed by atoms with E-state index < -0.39 is 27.8 Å². The van der Waals surface area contributed by atoms with E-state index in [-0.39, 0.29) is 18.1 Å². The van der Waals surface area contributed by atoms with Gasteiger partial charge >= 0.3 is 6.03 Å². The van der Waals surface area contributed by atoms with Gasteiger partial charge in [-0.15, -0.1) is 0 Å². The van der Waals surface area contributed by atoms with Crippen LogP contribution in [0, 0.1) is 11.3 Å². The van der Waals surface area contributed by atoms with Gasteiger partial charge in [0.1, 0.15) is 5.75 Å². The molecule has 0 bridgehead atoms. The first-order chi connectivity index (χ1) is 10.9. The quantitative estimate of drug-likeness (QED) is 0.793. The highest BCUT2D eigenvalue weighted by atomic mass is 32.2. The first kappa shape index (κ1) is 16.8. The molecule has 0 aliphatic carbocycles. The summed E-state index contributed by atoms with van der Waals surface area (Å²) in [7, 11) is -3.10. The Kier molecular flexibility index (Phi) is 5.18. The van der Waals surface area contributed by atoms with E-state index in [2.05, 4.69) is 10.6 Å². The van der Waals surface area contributed by atoms with Crippen molar-refractivity contribution in [1.82, 2.24) is 10.6 Å². The fourth-order valence-electron chi connectivity index (χ4n) is 2.07. The van der Waals surface area contributed by atoms with Gasteiger partial charge < -0.3 is 10.1 Å². The third-order valence-electron chi connectivity index (χ3n) is 3.17. The Hall–Kier alpha value is -2.60. The number of amides is 3. The molecule has 1 saturated heterocycles. The summed E-state index contributed by atoms with van der Waals surface area (Å²) in [6, 6.07) is 6.88. The van der Waals surface area contributed by atoms with E-state index in [0.29, 0.717) is 17.7 Å². The van der Waals surface area contributed by atoms with Crippen molar-refractivity contribution in [1.29, 1.82) is 5.26 Å². The van der Waals surface area contributed by atoms with Crippen molar-refractivity contribution in [3.05, 3.63) is 29.8 Å². The van der Waals surface area contributed by atoms with Crippen LogP contribution < -0.4 is 15.4 Å². The molecular formula is C14H15N3O5S. The zero-order valence-electron chi connectivity index (χ0n) is 12.1. The molecule has 1 aromatic rings. The largest absolute Gasteiger partial charge is 0.484 e. The summed E-state index contributed by atoms with van der Waals surface area (Å²) < 4.78 is 27.7. The summed E-state index contributed by atoms with van der Waals surface area (Å²) >= 11 is 0. The van der Waals surface area contributed by atoms with Gasteiger partial charge in [-0.1, -0.05) is 0 Å². The lowest BCUT2D eigenvalue weighted by Gasteiger charge is -2.11. The highest BCUT2D eigenvalue weighted by Gasteiger charge is 2.29. The van der Waals surface area contributed by atoms with Crippen molar-refractivity contribution in [3.8, 4) is 11.8 Å². The van der Waals surface area contributed by atoms with Crippen LogP contribution in [0.1, 0.15) is 12.0 Å². The Morgan fingerprint density at radius 2 is 2.00 bits per heavy atom. The van der Waals surface area contributed by atoms with Crippen molar-refractivity contribution >= 4 is 21.8 Å². The molecule has 3 amide bonds. The molecule has 1 aliphatic heterocycles. The molecule has 1 heterocycles. The second kappa shape index (κ2) is 7.11. The maximum Gasteiger partial charge on any atom is 0.321 e. The van der Waals surface area contributed by atoms with Gasteiger partial charge in [0.15, 0.2) is 16.4 Å². The second-order valence-corrected chi connectivity index (χ2v) is 7.28. The molecule has 1 aliphatic rings. The number of nitrogens with one attached hydrogen (secondary N) is 2. The summed E-state index contributed by atoms with van der Waals surface area (Å²) in [5.41, 5.74) is 0.465. The number of nitrogens with zero attached hydrogens (tertiary/aromatic N) is 1. The normalized spacial score (nSPS) is 18.7. The molecule has 8 nitrogen and oxygen atoms in total. The third-order valence-corrected chi connectivity index (χ3v) is 4.94. The third kappa shape index (κ3) is 5.27. The number of imide groups is 1. The lowest BCUT2D eigenvalue weighted by Crippen LogP contribution is -2.46. The minimum Gasteiger partial charge on any atom is -0.484 e. The summed E-state index contributed by atoms with van der Waals surface area (Å²) in [4.78, 5) is 23.2. The van der Waals surface area contributed by atoms with Crippen LogP contribution in [0.4, 0.5) is 4.79 Å². The topological polar surface area (TPSA) is 125 Å². The SMILES string of the molecule is N#Cc1ccc(OCC(=O)NC(=O)N[C@H]2CCS(=O)(=O)C2)cc1. The molecule has 9 heteroatoms. The highest BCUT2D eigenvalue weighted by molar-refractivity contribution is 7.91. The van der Waals surface area contributed by atoms with Gasteiger partial charge in [-0.3, -0.25) is 10.1 Å². The van der Waals surface area contributed by atoms with E-state index >= 15 is 0 Å². The van der Waals surface area contributed by atoms with Crippen LogP contribution in [0.3, 0.4) is 0 Å². The molecule has 1 atom stereocenters. The fraction of sp³-hybridized carbons (Fsp3) is 0.357. The molecular weight excluding hydrogens is 322 g/mol. The van der Waals surface area contributed by atoms with Gasteiger partial charge in [-0.2, -0.15) is 5.26 Å². The molecule has 1 aromatic carbocycles. The Morgan fingerprint density at radius 1 is 1.30 bits per heavy atom. The van der Waals surface area contributed by atoms with Crippen LogP contribution in [0.15, 0.2) is 24.3 Å². The molecule has 1 fully saturated rings. The standard InChI is InChI=1S/C14H15N3O5S/c15-7-10-1-3-12(4-2-10)22-8-13(18)17-14(19)16-11-5-6-23(20,21)9-11/h1-4,11H,5-6,8-9H2,(H2,16,17,18,19)/t11-/m0/s1. The van der Waals surface area contributed by atoms with Crippen LogP contribution >= 0.6 is 0 Å². The minimum absolute atomic E-state index is 0.0354. The van der Waals surface area contributed by atoms with Crippen LogP contribution in [0.25, 0.3) is 0 Å². The smallest absolute Gasteiger partial charge is 0.321 e. The van der Waals surface area contributed by atoms with E-state index in [1.54, 1.807) is 12.1 Å². The number of nitriles is 1. The number of rotatable bonds is 4. The maximum absolute atomic E-state index is 11.6. The number of carbonyl (C=O) groups excluding carboxylic acids is 2. The molecule has 23 heavy (non-hydrogen) atoms. The second-order valence-electron chi connectivity index (χ2n) is 5.05. The number of urea groups is 1. The monoisotopic (exact) mass is 337 g/mol. The number of sulfone groups is 1. The van der Waals surface area contributed by atoms with Crippen LogP contribution in [0.2, 0.25) is 0 Å².